The number of hydrogen-bond donors (Lipinski definition) is 7. The maximum Gasteiger partial charge on any atom is 0.267 e. The normalized spacial score (nSPS) is 16.0. The molecule has 0 unspecified atom stereocenters. The molecule has 34 nitrogen and oxygen atoms in total. The van der Waals surface area contributed by atoms with Crippen molar-refractivity contribution in [2.45, 2.75) is 105 Å². The number of aromatic hydroxyl groups is 2. The lowest BCUT2D eigenvalue weighted by Gasteiger charge is -2.38. The van der Waals surface area contributed by atoms with Gasteiger partial charge in [-0.1, -0.05) is 116 Å². The summed E-state index contributed by atoms with van der Waals surface area (Å²) in [6, 6.07) is 18.9. The fourth-order valence-corrected chi connectivity index (χ4v) is 14.1. The Labute approximate surface area is 647 Å². The standard InChI is InChI=1S/C74H99ClN26O8S/c1-7-48(3)65(76)58-45-100(91-88-58)60(40-52-12-16-55(102)17-13-52)69(105)95-26-30-97(31-27-95)72-84-71(85-73(86-72)98-32-28-96(29-33-98)70(106)61(41-53-14-18-56(103)19-15-53)101-46-59(89-92-101)66(77)49(4)8-2)78-20-35-107-36-37-108-38-39-109-47-54-44-99(90-87-54)34-23-93-21-24-94(25-22-93)64-42-63(80-51(6)81-64)82-74-79-43-62(110-74)68(104)83-67-50(5)10-9-11-57(67)75/h9-19,42-46,48-49,60-61,65-66,102-103H,7-8,20-41,47,76-77H2,1-6H3,(H,83,104)(H,78,84,85,86)(H,79,80,81,82)/t48-,49-,60-,61-,65-,66-/m0/s1. The van der Waals surface area contributed by atoms with Crippen LogP contribution in [0.3, 0.4) is 0 Å². The van der Waals surface area contributed by atoms with E-state index in [2.05, 4.69) is 94.3 Å². The van der Waals surface area contributed by atoms with E-state index in [-0.39, 0.29) is 53.1 Å². The molecular weight excluding hydrogens is 1450 g/mol. The van der Waals surface area contributed by atoms with Gasteiger partial charge in [0.25, 0.3) is 5.91 Å². The molecule has 9 N–H and O–H groups in total. The molecule has 3 saturated heterocycles. The number of para-hydroxylation sites is 1. The zero-order chi connectivity index (χ0) is 77.2. The number of carbonyl (C=O) groups is 3. The molecule has 3 amide bonds. The molecule has 110 heavy (non-hydrogen) atoms. The van der Waals surface area contributed by atoms with Crippen LogP contribution in [0, 0.1) is 25.7 Å². The highest BCUT2D eigenvalue weighted by Gasteiger charge is 2.35. The zero-order valence-corrected chi connectivity index (χ0v) is 64.6. The summed E-state index contributed by atoms with van der Waals surface area (Å²) >= 11 is 7.57. The molecule has 0 spiro atoms. The van der Waals surface area contributed by atoms with E-state index in [1.807, 2.05) is 62.5 Å². The van der Waals surface area contributed by atoms with E-state index in [9.17, 15) is 24.6 Å². The number of carbonyl (C=O) groups excluding carboxylic acids is 3. The van der Waals surface area contributed by atoms with E-state index < -0.39 is 12.1 Å². The second kappa shape index (κ2) is 38.0. The molecule has 36 heteroatoms. The number of rotatable bonds is 36. The third kappa shape index (κ3) is 21.0. The highest BCUT2D eigenvalue weighted by molar-refractivity contribution is 7.17. The molecule has 6 atom stereocenters. The van der Waals surface area contributed by atoms with Crippen molar-refractivity contribution < 1.29 is 38.8 Å². The minimum atomic E-state index is -0.729. The average Bonchev–Trinajstić information content (AvgIpc) is 0.959. The number of ether oxygens (including phenoxy) is 3. The number of nitrogens with one attached hydrogen (secondary N) is 3. The van der Waals surface area contributed by atoms with Gasteiger partial charge in [-0.05, 0) is 72.7 Å². The number of thiazole rings is 1. The summed E-state index contributed by atoms with van der Waals surface area (Å²) in [5, 5.41) is 57.1. The number of nitrogens with two attached hydrogens (primary N) is 2. The highest BCUT2D eigenvalue weighted by atomic mass is 35.5. The monoisotopic (exact) mass is 1550 g/mol. The van der Waals surface area contributed by atoms with Crippen molar-refractivity contribution in [2.75, 3.05) is 155 Å². The highest BCUT2D eigenvalue weighted by Crippen LogP contribution is 2.32. The van der Waals surface area contributed by atoms with Crippen molar-refractivity contribution in [3.8, 4) is 11.5 Å². The van der Waals surface area contributed by atoms with E-state index in [0.717, 1.165) is 73.8 Å². The molecule has 6 aromatic heterocycles. The van der Waals surface area contributed by atoms with Crippen LogP contribution in [0.25, 0.3) is 0 Å². The van der Waals surface area contributed by atoms with Crippen molar-refractivity contribution in [3.63, 3.8) is 0 Å². The molecule has 9 aromatic rings. The quantitative estimate of drug-likeness (QED) is 0.0208. The molecule has 3 aromatic carbocycles. The lowest BCUT2D eigenvalue weighted by molar-refractivity contribution is -0.136. The SMILES string of the molecule is CC[C@H](C)[C@H](N)c1cn([C@@H](Cc2ccc(O)cc2)C(=O)N2CCN(c3nc(NCCOCCOCCOCc4cn(CCN5CCN(c6cc(Nc7ncc(C(=O)Nc8c(C)cccc8Cl)s7)nc(C)n6)CC5)nn4)nc(N4CCN(C(=O)[C@H](Cc5ccc(O)cc5)n5cc([C@@H](N)[C@@H](C)CC)nn5)CC4)n3)CC2)nn1. The number of benzene rings is 3. The maximum atomic E-state index is 14.7. The first kappa shape index (κ1) is 79.4. The number of phenolic OH excluding ortho intramolecular Hbond substituents is 2. The summed E-state index contributed by atoms with van der Waals surface area (Å²) in [5.74, 6) is 3.24. The van der Waals surface area contributed by atoms with Crippen molar-refractivity contribution in [3.05, 3.63) is 147 Å². The van der Waals surface area contributed by atoms with E-state index in [1.54, 1.807) is 76.4 Å². The van der Waals surface area contributed by atoms with Crippen LogP contribution in [0.5, 0.6) is 11.5 Å². The Kier molecular flexibility index (Phi) is 27.4. The first-order chi connectivity index (χ1) is 53.3. The summed E-state index contributed by atoms with van der Waals surface area (Å²) in [5.41, 5.74) is 18.3. The summed E-state index contributed by atoms with van der Waals surface area (Å²) in [4.78, 5) is 84.0. The molecule has 3 aliphatic rings. The summed E-state index contributed by atoms with van der Waals surface area (Å²) in [6.45, 7) is 22.3. The Balaban J connectivity index is 0.599. The molecule has 0 saturated carbocycles. The van der Waals surface area contributed by atoms with Gasteiger partial charge in [-0.2, -0.15) is 15.0 Å². The van der Waals surface area contributed by atoms with Crippen LogP contribution in [-0.2, 0) is 49.8 Å². The number of hydrogen-bond acceptors (Lipinski definition) is 29. The first-order valence-corrected chi connectivity index (χ1v) is 38.7. The van der Waals surface area contributed by atoms with Gasteiger partial charge in [0.2, 0.25) is 29.7 Å². The summed E-state index contributed by atoms with van der Waals surface area (Å²) in [6.07, 6.45) is 9.34. The zero-order valence-electron chi connectivity index (χ0n) is 63.1. The maximum absolute atomic E-state index is 14.7. The molecule has 0 bridgehead atoms. The third-order valence-corrected chi connectivity index (χ3v) is 21.5. The van der Waals surface area contributed by atoms with Gasteiger partial charge in [0.15, 0.2) is 5.13 Å². The molecule has 586 valence electrons. The van der Waals surface area contributed by atoms with Gasteiger partial charge in [0, 0.05) is 111 Å². The van der Waals surface area contributed by atoms with Gasteiger partial charge in [-0.15, -0.1) is 15.3 Å². The van der Waals surface area contributed by atoms with E-state index in [4.69, 9.17) is 57.2 Å². The second-order valence-corrected chi connectivity index (χ2v) is 29.4. The summed E-state index contributed by atoms with van der Waals surface area (Å²) < 4.78 is 22.8. The van der Waals surface area contributed by atoms with E-state index in [1.165, 1.54) is 17.5 Å². The van der Waals surface area contributed by atoms with Crippen LogP contribution in [0.2, 0.25) is 5.02 Å². The van der Waals surface area contributed by atoms with Gasteiger partial charge in [-0.3, -0.25) is 24.0 Å². The Hall–Kier alpha value is -10.1. The van der Waals surface area contributed by atoms with Gasteiger partial charge < -0.3 is 76.3 Å². The van der Waals surface area contributed by atoms with Gasteiger partial charge in [0.05, 0.1) is 105 Å². The van der Waals surface area contributed by atoms with Crippen LogP contribution in [0.4, 0.5) is 40.3 Å². The molecule has 3 fully saturated rings. The topological polar surface area (TPSA) is 396 Å². The van der Waals surface area contributed by atoms with Crippen molar-refractivity contribution in [1.29, 1.82) is 0 Å². The number of halogens is 1. The molecule has 12 rings (SSSR count). The largest absolute Gasteiger partial charge is 0.508 e. The Morgan fingerprint density at radius 1 is 0.618 bits per heavy atom. The Bertz CT molecular complexity index is 4290. The van der Waals surface area contributed by atoms with Gasteiger partial charge >= 0.3 is 0 Å². The number of amides is 3. The number of nitrogens with zero attached hydrogens (tertiary/aromatic N) is 21. The van der Waals surface area contributed by atoms with Crippen LogP contribution >= 0.6 is 22.9 Å². The predicted octanol–water partition coefficient (Wildman–Crippen LogP) is 6.41. The lowest BCUT2D eigenvalue weighted by Crippen LogP contribution is -2.52. The lowest BCUT2D eigenvalue weighted by atomic mass is 9.98. The summed E-state index contributed by atoms with van der Waals surface area (Å²) in [7, 11) is 0. The van der Waals surface area contributed by atoms with Crippen LogP contribution < -0.4 is 42.1 Å². The predicted molar refractivity (Wildman–Crippen MR) is 417 cm³/mol. The van der Waals surface area contributed by atoms with E-state index in [0.29, 0.717) is 180 Å². The Morgan fingerprint density at radius 2 is 1.16 bits per heavy atom. The number of aryl methyl sites for hydroxylation is 2. The number of anilines is 7. The average molecular weight is 1550 g/mol. The van der Waals surface area contributed by atoms with Crippen molar-refractivity contribution in [2.24, 2.45) is 23.3 Å². The fourth-order valence-electron chi connectivity index (χ4n) is 13.1. The minimum Gasteiger partial charge on any atom is -0.508 e. The number of piperazine rings is 3. The van der Waals surface area contributed by atoms with Crippen LogP contribution in [0.15, 0.2) is 97.6 Å². The van der Waals surface area contributed by atoms with Crippen molar-refractivity contribution >= 4 is 81.0 Å². The van der Waals surface area contributed by atoms with Crippen LogP contribution in [0.1, 0.15) is 114 Å². The smallest absolute Gasteiger partial charge is 0.267 e. The fraction of sp³-hybridized carbons (Fsp3) is 0.500. The molecule has 0 radical (unpaired) electrons. The molecule has 9 heterocycles. The van der Waals surface area contributed by atoms with Crippen molar-refractivity contribution in [1.82, 2.24) is 89.6 Å². The van der Waals surface area contributed by atoms with E-state index >= 15 is 0 Å². The molecular formula is C74H99ClN26O8S. The molecule has 3 aliphatic heterocycles. The number of phenols is 2. The Morgan fingerprint density at radius 3 is 1.72 bits per heavy atom. The number of aromatic nitrogens is 15. The van der Waals surface area contributed by atoms with Gasteiger partial charge in [0.1, 0.15) is 51.6 Å². The first-order valence-electron chi connectivity index (χ1n) is 37.5. The minimum absolute atomic E-state index is 0.128. The third-order valence-electron chi connectivity index (χ3n) is 20.3. The van der Waals surface area contributed by atoms with Crippen LogP contribution in [-0.4, -0.2) is 242 Å². The van der Waals surface area contributed by atoms with Gasteiger partial charge in [-0.25, -0.2) is 24.3 Å². The second-order valence-electron chi connectivity index (χ2n) is 27.9. The molecule has 0 aliphatic carbocycles.